The van der Waals surface area contributed by atoms with Gasteiger partial charge < -0.3 is 14.0 Å². The predicted octanol–water partition coefficient (Wildman–Crippen LogP) is 4.74. The van der Waals surface area contributed by atoms with Crippen LogP contribution in [0.4, 0.5) is 5.95 Å². The summed E-state index contributed by atoms with van der Waals surface area (Å²) in [4.78, 5) is 32.8. The van der Waals surface area contributed by atoms with Gasteiger partial charge in [-0.15, -0.1) is 0 Å². The van der Waals surface area contributed by atoms with Crippen molar-refractivity contribution >= 4 is 22.9 Å². The van der Waals surface area contributed by atoms with Gasteiger partial charge in [0.25, 0.3) is 11.5 Å². The Hall–Kier alpha value is -3.61. The number of amides is 1. The first kappa shape index (κ1) is 18.4. The van der Waals surface area contributed by atoms with Crippen LogP contribution in [-0.2, 0) is 0 Å². The Labute approximate surface area is 172 Å². The fraction of sp³-hybridized carbons (Fsp3) is 0.261. The van der Waals surface area contributed by atoms with Gasteiger partial charge in [-0.3, -0.25) is 14.9 Å². The molecule has 30 heavy (non-hydrogen) atoms. The average Bonchev–Trinajstić information content (AvgIpc) is 3.42. The number of benzene rings is 1. The quantitative estimate of drug-likeness (QED) is 0.515. The number of aromatic amines is 1. The number of rotatable bonds is 4. The smallest absolute Gasteiger partial charge is 0.263 e. The van der Waals surface area contributed by atoms with Crippen LogP contribution in [0.1, 0.15) is 48.5 Å². The first-order valence-electron chi connectivity index (χ1n) is 10.3. The van der Waals surface area contributed by atoms with Gasteiger partial charge in [0.15, 0.2) is 0 Å². The molecule has 3 aromatic heterocycles. The minimum atomic E-state index is -0.477. The molecule has 0 unspecified atom stereocenters. The van der Waals surface area contributed by atoms with E-state index in [4.69, 9.17) is 4.42 Å². The van der Waals surface area contributed by atoms with Crippen LogP contribution >= 0.6 is 0 Å². The monoisotopic (exact) mass is 402 g/mol. The van der Waals surface area contributed by atoms with Gasteiger partial charge in [0.1, 0.15) is 11.3 Å². The maximum absolute atomic E-state index is 12.9. The van der Waals surface area contributed by atoms with Gasteiger partial charge in [0.2, 0.25) is 5.95 Å². The molecule has 0 spiro atoms. The highest BCUT2D eigenvalue weighted by atomic mass is 16.3. The van der Waals surface area contributed by atoms with Crippen molar-refractivity contribution in [1.82, 2.24) is 14.5 Å². The lowest BCUT2D eigenvalue weighted by atomic mass is 9.95. The molecule has 0 saturated heterocycles. The van der Waals surface area contributed by atoms with Gasteiger partial charge in [-0.05, 0) is 49.2 Å². The van der Waals surface area contributed by atoms with Gasteiger partial charge >= 0.3 is 0 Å². The molecule has 1 fully saturated rings. The molecule has 2 N–H and O–H groups in total. The van der Waals surface area contributed by atoms with Crippen LogP contribution in [0.5, 0.6) is 0 Å². The Morgan fingerprint density at radius 2 is 1.90 bits per heavy atom. The number of carbonyl (C=O) groups is 1. The maximum Gasteiger partial charge on any atom is 0.263 e. The molecule has 1 aliphatic rings. The van der Waals surface area contributed by atoms with Crippen molar-refractivity contribution in [2.24, 2.45) is 0 Å². The fourth-order valence-corrected chi connectivity index (χ4v) is 4.24. The van der Waals surface area contributed by atoms with E-state index < -0.39 is 11.5 Å². The summed E-state index contributed by atoms with van der Waals surface area (Å²) in [6, 6.07) is 14.8. The second-order valence-electron chi connectivity index (χ2n) is 7.63. The first-order chi connectivity index (χ1) is 14.7. The Morgan fingerprint density at radius 1 is 1.07 bits per heavy atom. The number of para-hydroxylation sites is 2. The third kappa shape index (κ3) is 3.32. The SMILES string of the molecule is O=C(Nc1nc2ccccc2n1C1CCCCC1)c1ccc(-c2ccco2)[nH]c1=O. The van der Waals surface area contributed by atoms with Crippen LogP contribution in [0, 0.1) is 0 Å². The van der Waals surface area contributed by atoms with Crippen molar-refractivity contribution in [1.29, 1.82) is 0 Å². The van der Waals surface area contributed by atoms with Crippen LogP contribution in [0.15, 0.2) is 64.0 Å². The highest BCUT2D eigenvalue weighted by Crippen LogP contribution is 2.34. The topological polar surface area (TPSA) is 92.9 Å². The molecule has 5 rings (SSSR count). The predicted molar refractivity (Wildman–Crippen MR) is 115 cm³/mol. The third-order valence-corrected chi connectivity index (χ3v) is 5.70. The number of carbonyl (C=O) groups excluding carboxylic acids is 1. The number of hydrogen-bond donors (Lipinski definition) is 2. The Balaban J connectivity index is 1.48. The second-order valence-corrected chi connectivity index (χ2v) is 7.63. The third-order valence-electron chi connectivity index (χ3n) is 5.70. The first-order valence-corrected chi connectivity index (χ1v) is 10.3. The van der Waals surface area contributed by atoms with Gasteiger partial charge in [0.05, 0.1) is 23.0 Å². The van der Waals surface area contributed by atoms with Crippen molar-refractivity contribution in [2.45, 2.75) is 38.1 Å². The van der Waals surface area contributed by atoms with Gasteiger partial charge in [0, 0.05) is 6.04 Å². The normalized spacial score (nSPS) is 14.8. The van der Waals surface area contributed by atoms with E-state index in [0.717, 1.165) is 23.9 Å². The van der Waals surface area contributed by atoms with Crippen LogP contribution in [-0.4, -0.2) is 20.4 Å². The number of aromatic nitrogens is 3. The van der Waals surface area contributed by atoms with Crippen LogP contribution in [0.3, 0.4) is 0 Å². The summed E-state index contributed by atoms with van der Waals surface area (Å²) >= 11 is 0. The van der Waals surface area contributed by atoms with E-state index in [1.165, 1.54) is 31.6 Å². The Morgan fingerprint density at radius 3 is 2.67 bits per heavy atom. The molecular weight excluding hydrogens is 380 g/mol. The van der Waals surface area contributed by atoms with Gasteiger partial charge in [-0.2, -0.15) is 0 Å². The van der Waals surface area contributed by atoms with Gasteiger partial charge in [-0.25, -0.2) is 4.98 Å². The summed E-state index contributed by atoms with van der Waals surface area (Å²) in [5.41, 5.74) is 1.92. The van der Waals surface area contributed by atoms with E-state index in [2.05, 4.69) is 19.9 Å². The van der Waals surface area contributed by atoms with E-state index in [9.17, 15) is 9.59 Å². The number of nitrogens with one attached hydrogen (secondary N) is 2. The van der Waals surface area contributed by atoms with E-state index >= 15 is 0 Å². The largest absolute Gasteiger partial charge is 0.463 e. The zero-order chi connectivity index (χ0) is 20.5. The number of imidazole rings is 1. The molecular formula is C23H22N4O3. The van der Waals surface area contributed by atoms with Crippen molar-refractivity contribution in [3.8, 4) is 11.5 Å². The number of pyridine rings is 1. The molecule has 0 atom stereocenters. The molecule has 1 aliphatic carbocycles. The summed E-state index contributed by atoms with van der Waals surface area (Å²) < 4.78 is 7.43. The van der Waals surface area contributed by atoms with Crippen molar-refractivity contribution in [2.75, 3.05) is 5.32 Å². The number of nitrogens with zero attached hydrogens (tertiary/aromatic N) is 2. The molecule has 7 nitrogen and oxygen atoms in total. The molecule has 3 heterocycles. The van der Waals surface area contributed by atoms with Gasteiger partial charge in [-0.1, -0.05) is 31.4 Å². The number of fused-ring (bicyclic) bond motifs is 1. The van der Waals surface area contributed by atoms with Crippen LogP contribution in [0.2, 0.25) is 0 Å². The zero-order valence-corrected chi connectivity index (χ0v) is 16.4. The Bertz CT molecular complexity index is 1250. The Kier molecular flexibility index (Phi) is 4.71. The zero-order valence-electron chi connectivity index (χ0n) is 16.4. The molecule has 1 saturated carbocycles. The fourth-order valence-electron chi connectivity index (χ4n) is 4.24. The highest BCUT2D eigenvalue weighted by Gasteiger charge is 2.23. The molecule has 0 bridgehead atoms. The average molecular weight is 402 g/mol. The van der Waals surface area contributed by atoms with E-state index in [0.29, 0.717) is 23.4 Å². The van der Waals surface area contributed by atoms with Crippen LogP contribution in [0.25, 0.3) is 22.5 Å². The standard InChI is InChI=1S/C23H22N4O3/c28-21-16(12-13-18(24-21)20-11-6-14-30-20)22(29)26-23-25-17-9-4-5-10-19(17)27(23)15-7-2-1-3-8-15/h4-6,9-15H,1-3,7-8H2,(H,24,28)(H,25,26,29). The van der Waals surface area contributed by atoms with E-state index in [1.54, 1.807) is 18.2 Å². The summed E-state index contributed by atoms with van der Waals surface area (Å²) in [5.74, 6) is 0.551. The maximum atomic E-state index is 12.9. The molecule has 1 aromatic carbocycles. The number of furan rings is 1. The van der Waals surface area contributed by atoms with E-state index in [-0.39, 0.29) is 5.56 Å². The lowest BCUT2D eigenvalue weighted by molar-refractivity contribution is 0.102. The summed E-state index contributed by atoms with van der Waals surface area (Å²) in [5, 5.41) is 2.88. The number of anilines is 1. The summed E-state index contributed by atoms with van der Waals surface area (Å²) in [7, 11) is 0. The molecule has 4 aromatic rings. The molecule has 7 heteroatoms. The van der Waals surface area contributed by atoms with Crippen molar-refractivity contribution < 1.29 is 9.21 Å². The molecule has 152 valence electrons. The molecule has 0 aliphatic heterocycles. The number of H-pyrrole nitrogens is 1. The van der Waals surface area contributed by atoms with E-state index in [1.807, 2.05) is 24.3 Å². The molecule has 0 radical (unpaired) electrons. The summed E-state index contributed by atoms with van der Waals surface area (Å²) in [6.45, 7) is 0. The lowest BCUT2D eigenvalue weighted by Crippen LogP contribution is -2.25. The minimum absolute atomic E-state index is 0.0348. The number of hydrogen-bond acceptors (Lipinski definition) is 4. The van der Waals surface area contributed by atoms with Crippen molar-refractivity contribution in [3.63, 3.8) is 0 Å². The van der Waals surface area contributed by atoms with Crippen LogP contribution < -0.4 is 10.9 Å². The minimum Gasteiger partial charge on any atom is -0.463 e. The highest BCUT2D eigenvalue weighted by molar-refractivity contribution is 6.04. The lowest BCUT2D eigenvalue weighted by Gasteiger charge is -2.25. The van der Waals surface area contributed by atoms with Crippen molar-refractivity contribution in [3.05, 3.63) is 70.7 Å². The second kappa shape index (κ2) is 7.67. The molecule has 1 amide bonds. The summed E-state index contributed by atoms with van der Waals surface area (Å²) in [6.07, 6.45) is 7.21.